The molecule has 1 heterocycles. The molecule has 94 valence electrons. The van der Waals surface area contributed by atoms with Gasteiger partial charge < -0.3 is 23.0 Å². The largest absolute Gasteiger partial charge is 1.00 e. The summed E-state index contributed by atoms with van der Waals surface area (Å²) in [7, 11) is 0. The number of nitrogens with one attached hydrogen (secondary N) is 2. The lowest BCUT2D eigenvalue weighted by Crippen LogP contribution is -3.00. The summed E-state index contributed by atoms with van der Waals surface area (Å²) in [6.07, 6.45) is 2.09. The number of aliphatic imine (C=N–C) groups is 1. The van der Waals surface area contributed by atoms with Crippen molar-refractivity contribution in [2.75, 3.05) is 18.4 Å². The number of guanidine groups is 1. The summed E-state index contributed by atoms with van der Waals surface area (Å²) in [6, 6.07) is 6.49. The lowest BCUT2D eigenvalue weighted by atomic mass is 10.0. The van der Waals surface area contributed by atoms with Crippen LogP contribution in [0.1, 0.15) is 25.0 Å². The van der Waals surface area contributed by atoms with Crippen molar-refractivity contribution in [2.24, 2.45) is 4.99 Å². The maximum absolute atomic E-state index is 4.38. The number of para-hydroxylation sites is 1. The summed E-state index contributed by atoms with van der Waals surface area (Å²) >= 11 is 0. The fourth-order valence-electron chi connectivity index (χ4n) is 2.00. The highest BCUT2D eigenvalue weighted by Crippen LogP contribution is 2.22. The van der Waals surface area contributed by atoms with Crippen LogP contribution in [0.4, 0.5) is 5.69 Å². The molecule has 0 unspecified atom stereocenters. The molecule has 1 aliphatic rings. The van der Waals surface area contributed by atoms with Crippen molar-refractivity contribution in [3.05, 3.63) is 29.3 Å². The van der Waals surface area contributed by atoms with Crippen molar-refractivity contribution in [1.82, 2.24) is 5.32 Å². The maximum Gasteiger partial charge on any atom is 0.195 e. The summed E-state index contributed by atoms with van der Waals surface area (Å²) in [5, 5.41) is 6.67. The highest BCUT2D eigenvalue weighted by molar-refractivity contribution is 5.96. The van der Waals surface area contributed by atoms with E-state index in [1.54, 1.807) is 0 Å². The van der Waals surface area contributed by atoms with Gasteiger partial charge in [0.25, 0.3) is 0 Å². The zero-order valence-electron chi connectivity index (χ0n) is 10.4. The van der Waals surface area contributed by atoms with Gasteiger partial charge >= 0.3 is 0 Å². The molecule has 0 aliphatic carbocycles. The summed E-state index contributed by atoms with van der Waals surface area (Å²) in [5.74, 6) is 0.913. The minimum absolute atomic E-state index is 0. The van der Waals surface area contributed by atoms with Crippen molar-refractivity contribution in [2.45, 2.75) is 26.7 Å². The highest BCUT2D eigenvalue weighted by Gasteiger charge is 2.10. The minimum Gasteiger partial charge on any atom is -1.00 e. The number of hydrogen-bond donors (Lipinski definition) is 2. The van der Waals surface area contributed by atoms with E-state index in [4.69, 9.17) is 0 Å². The Labute approximate surface area is 109 Å². The van der Waals surface area contributed by atoms with Gasteiger partial charge in [-0.3, -0.25) is 4.99 Å². The fraction of sp³-hybridized carbons (Fsp3) is 0.462. The van der Waals surface area contributed by atoms with E-state index < -0.39 is 0 Å². The van der Waals surface area contributed by atoms with Crippen LogP contribution in [0.2, 0.25) is 0 Å². The molecule has 0 fully saturated rings. The molecule has 0 aromatic heterocycles. The van der Waals surface area contributed by atoms with Gasteiger partial charge in [0.15, 0.2) is 5.96 Å². The average Bonchev–Trinajstić information content (AvgIpc) is 2.82. The lowest BCUT2D eigenvalue weighted by Gasteiger charge is -2.15. The monoisotopic (exact) mass is 252 g/mol. The Morgan fingerprint density at radius 1 is 1.24 bits per heavy atom. The Balaban J connectivity index is 0.00000144. The van der Waals surface area contributed by atoms with Crippen molar-refractivity contribution >= 4 is 11.6 Å². The quantitative estimate of drug-likeness (QED) is 0.738. The molecule has 0 spiro atoms. The van der Waals surface area contributed by atoms with Crippen LogP contribution in [-0.2, 0) is 12.8 Å². The normalized spacial score (nSPS) is 13.6. The Bertz CT molecular complexity index is 379. The predicted octanol–water partition coefficient (Wildman–Crippen LogP) is -0.813. The number of rotatable bonds is 3. The SMILES string of the molecule is CCc1cccc(CC)c1NC1=NCCN1.[Cl-]. The first-order valence-electron chi connectivity index (χ1n) is 6.01. The van der Waals surface area contributed by atoms with E-state index >= 15 is 0 Å². The Kier molecular flexibility index (Phi) is 5.29. The molecule has 4 heteroatoms. The number of aryl methyl sites for hydroxylation is 2. The number of halogens is 1. The van der Waals surface area contributed by atoms with E-state index in [1.165, 1.54) is 16.8 Å². The molecule has 2 N–H and O–H groups in total. The molecule has 1 aromatic carbocycles. The zero-order valence-corrected chi connectivity index (χ0v) is 11.1. The molecule has 1 aliphatic heterocycles. The molecule has 0 amide bonds. The molecule has 17 heavy (non-hydrogen) atoms. The number of hydrogen-bond acceptors (Lipinski definition) is 3. The third-order valence-electron chi connectivity index (χ3n) is 2.92. The van der Waals surface area contributed by atoms with Crippen LogP contribution in [-0.4, -0.2) is 19.0 Å². The van der Waals surface area contributed by atoms with Crippen LogP contribution in [0.25, 0.3) is 0 Å². The average molecular weight is 253 g/mol. The van der Waals surface area contributed by atoms with E-state index in [2.05, 4.69) is 47.7 Å². The van der Waals surface area contributed by atoms with Crippen molar-refractivity contribution in [3.8, 4) is 0 Å². The van der Waals surface area contributed by atoms with Gasteiger partial charge in [0.05, 0.1) is 6.54 Å². The van der Waals surface area contributed by atoms with Crippen molar-refractivity contribution < 1.29 is 12.4 Å². The van der Waals surface area contributed by atoms with Crippen LogP contribution >= 0.6 is 0 Å². The molecule has 0 saturated carbocycles. The summed E-state index contributed by atoms with van der Waals surface area (Å²) in [6.45, 7) is 6.18. The molecule has 0 saturated heterocycles. The summed E-state index contributed by atoms with van der Waals surface area (Å²) < 4.78 is 0. The molecular weight excluding hydrogens is 234 g/mol. The second kappa shape index (κ2) is 6.50. The molecule has 3 nitrogen and oxygen atoms in total. The van der Waals surface area contributed by atoms with Gasteiger partial charge in [-0.05, 0) is 24.0 Å². The standard InChI is InChI=1S/C13H19N3.ClH/c1-3-10-6-5-7-11(4-2)12(10)16-13-14-8-9-15-13;/h5-7H,3-4,8-9H2,1-2H3,(H2,14,15,16);1H/p-1. The first-order valence-corrected chi connectivity index (χ1v) is 6.01. The third-order valence-corrected chi connectivity index (χ3v) is 2.92. The van der Waals surface area contributed by atoms with E-state index in [0.717, 1.165) is 31.9 Å². The number of anilines is 1. The van der Waals surface area contributed by atoms with Gasteiger partial charge in [-0.2, -0.15) is 0 Å². The first-order chi connectivity index (χ1) is 7.85. The van der Waals surface area contributed by atoms with E-state index in [1.807, 2.05) is 0 Å². The Hall–Kier alpha value is -1.22. The summed E-state index contributed by atoms with van der Waals surface area (Å²) in [4.78, 5) is 4.38. The second-order valence-corrected chi connectivity index (χ2v) is 3.94. The fourth-order valence-corrected chi connectivity index (χ4v) is 2.00. The molecule has 1 aromatic rings. The molecule has 0 atom stereocenters. The summed E-state index contributed by atoms with van der Waals surface area (Å²) in [5.41, 5.74) is 3.95. The maximum atomic E-state index is 4.38. The van der Waals surface area contributed by atoms with Gasteiger partial charge in [-0.15, -0.1) is 0 Å². The first kappa shape index (κ1) is 13.8. The zero-order chi connectivity index (χ0) is 11.4. The van der Waals surface area contributed by atoms with Crippen molar-refractivity contribution in [1.29, 1.82) is 0 Å². The molecular formula is C13H19ClN3-. The molecule has 0 radical (unpaired) electrons. The van der Waals surface area contributed by atoms with Crippen molar-refractivity contribution in [3.63, 3.8) is 0 Å². The number of nitrogens with zero attached hydrogens (tertiary/aromatic N) is 1. The van der Waals surface area contributed by atoms with E-state index in [9.17, 15) is 0 Å². The molecule has 0 bridgehead atoms. The Morgan fingerprint density at radius 2 is 1.88 bits per heavy atom. The topological polar surface area (TPSA) is 36.4 Å². The lowest BCUT2D eigenvalue weighted by molar-refractivity contribution is -0.00000344. The van der Waals surface area contributed by atoms with E-state index in [0.29, 0.717) is 0 Å². The van der Waals surface area contributed by atoms with Gasteiger partial charge in [0, 0.05) is 12.2 Å². The van der Waals surface area contributed by atoms with Gasteiger partial charge in [-0.25, -0.2) is 0 Å². The van der Waals surface area contributed by atoms with Gasteiger partial charge in [0.2, 0.25) is 0 Å². The van der Waals surface area contributed by atoms with Gasteiger partial charge in [0.1, 0.15) is 0 Å². The van der Waals surface area contributed by atoms with Crippen LogP contribution in [0.15, 0.2) is 23.2 Å². The van der Waals surface area contributed by atoms with E-state index in [-0.39, 0.29) is 12.4 Å². The Morgan fingerprint density at radius 3 is 2.35 bits per heavy atom. The second-order valence-electron chi connectivity index (χ2n) is 3.94. The van der Waals surface area contributed by atoms with Crippen LogP contribution < -0.4 is 23.0 Å². The van der Waals surface area contributed by atoms with Crippen LogP contribution in [0.3, 0.4) is 0 Å². The number of benzene rings is 1. The minimum atomic E-state index is 0. The predicted molar refractivity (Wildman–Crippen MR) is 69.1 cm³/mol. The van der Waals surface area contributed by atoms with Crippen LogP contribution in [0, 0.1) is 0 Å². The van der Waals surface area contributed by atoms with Gasteiger partial charge in [-0.1, -0.05) is 32.0 Å². The highest BCUT2D eigenvalue weighted by atomic mass is 35.5. The smallest absolute Gasteiger partial charge is 0.195 e. The molecule has 2 rings (SSSR count). The van der Waals surface area contributed by atoms with Crippen LogP contribution in [0.5, 0.6) is 0 Å². The third kappa shape index (κ3) is 3.13.